The molecule has 0 bridgehead atoms. The first kappa shape index (κ1) is 44.3. The van der Waals surface area contributed by atoms with Gasteiger partial charge in [-0.25, -0.2) is 9.59 Å². The first-order valence-corrected chi connectivity index (χ1v) is 16.1. The molecule has 0 aliphatic heterocycles. The summed E-state index contributed by atoms with van der Waals surface area (Å²) in [4.78, 5) is 118. The molecule has 278 valence electrons. The van der Waals surface area contributed by atoms with Crippen LogP contribution in [0.25, 0.3) is 0 Å². The standard InChI is InChI=1S/C32H49N3O14.H2/c1-18(19(2)36)6-4-5-15-33-27(40)13-7-21(29(42)43)16-24(39)10-12-26(32(48)49)35-28(41)14-8-22(30(44)45)17-23(38)9-11-25(31(46)47)34-20(3)37;/h18,21-22,25-26H,4-17H2,1-3H3,(H,33,40)(H,34,37)(H,35,41)(H,42,43)(H,44,45)(H,46,47)(H,48,49);1H/t18-,21+,22+,25-,26-;/m0./s1. The molecule has 17 nitrogen and oxygen atoms in total. The summed E-state index contributed by atoms with van der Waals surface area (Å²) in [6, 6.07) is -2.89. The number of carboxylic acid groups (broad SMARTS) is 4. The van der Waals surface area contributed by atoms with Gasteiger partial charge in [-0.1, -0.05) is 13.3 Å². The molecule has 0 fully saturated rings. The Kier molecular flexibility index (Phi) is 21.3. The van der Waals surface area contributed by atoms with Crippen LogP contribution in [0.2, 0.25) is 0 Å². The first-order chi connectivity index (χ1) is 22.8. The van der Waals surface area contributed by atoms with Crippen LogP contribution in [0.3, 0.4) is 0 Å². The minimum Gasteiger partial charge on any atom is -0.481 e. The van der Waals surface area contributed by atoms with Gasteiger partial charge in [-0.15, -0.1) is 0 Å². The quantitative estimate of drug-likeness (QED) is 0.0567. The Morgan fingerprint density at radius 2 is 1.00 bits per heavy atom. The zero-order valence-electron chi connectivity index (χ0n) is 28.2. The summed E-state index contributed by atoms with van der Waals surface area (Å²) in [5.41, 5.74) is 0. The highest BCUT2D eigenvalue weighted by Gasteiger charge is 2.28. The van der Waals surface area contributed by atoms with Gasteiger partial charge in [0.05, 0.1) is 11.8 Å². The van der Waals surface area contributed by atoms with E-state index >= 15 is 0 Å². The van der Waals surface area contributed by atoms with Crippen molar-refractivity contribution in [2.24, 2.45) is 17.8 Å². The smallest absolute Gasteiger partial charge is 0.326 e. The van der Waals surface area contributed by atoms with Gasteiger partial charge in [0, 0.05) is 59.3 Å². The van der Waals surface area contributed by atoms with Crippen LogP contribution in [0.15, 0.2) is 0 Å². The van der Waals surface area contributed by atoms with Crippen molar-refractivity contribution in [1.82, 2.24) is 16.0 Å². The molecule has 0 radical (unpaired) electrons. The Bertz CT molecular complexity index is 1220. The predicted octanol–water partition coefficient (Wildman–Crippen LogP) is 1.34. The number of Topliss-reactive ketones (excluding diaryl/α,β-unsaturated/α-hetero) is 3. The van der Waals surface area contributed by atoms with E-state index in [1.165, 1.54) is 6.92 Å². The van der Waals surface area contributed by atoms with Crippen molar-refractivity contribution in [3.8, 4) is 0 Å². The molecule has 0 aromatic carbocycles. The fourth-order valence-corrected chi connectivity index (χ4v) is 4.72. The molecule has 0 saturated carbocycles. The minimum atomic E-state index is -1.55. The highest BCUT2D eigenvalue weighted by Crippen LogP contribution is 2.17. The van der Waals surface area contributed by atoms with Crippen LogP contribution in [-0.4, -0.2) is 98.0 Å². The number of hydrogen-bond acceptors (Lipinski definition) is 10. The lowest BCUT2D eigenvalue weighted by Crippen LogP contribution is -2.41. The van der Waals surface area contributed by atoms with E-state index in [9.17, 15) is 63.3 Å². The second kappa shape index (κ2) is 23.6. The van der Waals surface area contributed by atoms with Gasteiger partial charge in [0.25, 0.3) is 0 Å². The molecule has 0 aliphatic rings. The van der Waals surface area contributed by atoms with Crippen LogP contribution in [0.5, 0.6) is 0 Å². The predicted molar refractivity (Wildman–Crippen MR) is 172 cm³/mol. The van der Waals surface area contributed by atoms with Gasteiger partial charge >= 0.3 is 23.9 Å². The third kappa shape index (κ3) is 21.0. The second-order valence-electron chi connectivity index (χ2n) is 12.1. The van der Waals surface area contributed by atoms with Gasteiger partial charge in [-0.3, -0.25) is 38.4 Å². The summed E-state index contributed by atoms with van der Waals surface area (Å²) in [6.07, 6.45) is -1.42. The fourth-order valence-electron chi connectivity index (χ4n) is 4.72. The number of amides is 3. The summed E-state index contributed by atoms with van der Waals surface area (Å²) >= 11 is 0. The normalized spacial score (nSPS) is 13.9. The molecule has 0 aromatic rings. The molecular formula is C32H51N3O14. The van der Waals surface area contributed by atoms with Gasteiger partial charge in [-0.05, 0) is 45.4 Å². The van der Waals surface area contributed by atoms with E-state index in [4.69, 9.17) is 5.11 Å². The Hall–Kier alpha value is -4.70. The van der Waals surface area contributed by atoms with Crippen molar-refractivity contribution >= 4 is 58.9 Å². The lowest BCUT2D eigenvalue weighted by Gasteiger charge is -2.17. The zero-order valence-corrected chi connectivity index (χ0v) is 28.2. The van der Waals surface area contributed by atoms with Crippen LogP contribution < -0.4 is 16.0 Å². The molecule has 0 aromatic heterocycles. The number of aliphatic carboxylic acids is 4. The molecule has 0 aliphatic carbocycles. The molecule has 49 heavy (non-hydrogen) atoms. The average molecular weight is 702 g/mol. The van der Waals surface area contributed by atoms with Crippen LogP contribution in [0.4, 0.5) is 0 Å². The number of carbonyl (C=O) groups excluding carboxylic acids is 6. The Labute approximate surface area is 285 Å². The van der Waals surface area contributed by atoms with Crippen molar-refractivity contribution in [2.75, 3.05) is 6.54 Å². The van der Waals surface area contributed by atoms with Crippen molar-refractivity contribution in [1.29, 1.82) is 0 Å². The van der Waals surface area contributed by atoms with Gasteiger partial charge < -0.3 is 36.4 Å². The van der Waals surface area contributed by atoms with E-state index in [-0.39, 0.29) is 51.7 Å². The fraction of sp³-hybridized carbons (Fsp3) is 0.688. The maximum absolute atomic E-state index is 12.5. The number of rotatable bonds is 28. The summed E-state index contributed by atoms with van der Waals surface area (Å²) in [5.74, 6) is -11.1. The Morgan fingerprint density at radius 1 is 0.551 bits per heavy atom. The van der Waals surface area contributed by atoms with Gasteiger partial charge in [0.15, 0.2) is 0 Å². The second-order valence-corrected chi connectivity index (χ2v) is 12.1. The third-order valence-corrected chi connectivity index (χ3v) is 7.90. The Balaban J connectivity index is 0. The molecule has 3 amide bonds. The van der Waals surface area contributed by atoms with Crippen molar-refractivity contribution in [2.45, 2.75) is 116 Å². The van der Waals surface area contributed by atoms with Gasteiger partial charge in [0.2, 0.25) is 17.7 Å². The van der Waals surface area contributed by atoms with E-state index in [0.717, 1.165) is 13.3 Å². The molecule has 5 atom stereocenters. The van der Waals surface area contributed by atoms with Crippen LogP contribution in [0, 0.1) is 17.8 Å². The van der Waals surface area contributed by atoms with Crippen LogP contribution in [-0.2, 0) is 47.9 Å². The number of carboxylic acids is 4. The number of unbranched alkanes of at least 4 members (excludes halogenated alkanes) is 1. The number of nitrogens with one attached hydrogen (secondary N) is 3. The van der Waals surface area contributed by atoms with Crippen molar-refractivity contribution < 1.29 is 69.8 Å². The monoisotopic (exact) mass is 701 g/mol. The lowest BCUT2D eigenvalue weighted by atomic mass is 9.93. The van der Waals surface area contributed by atoms with Crippen LogP contribution >= 0.6 is 0 Å². The molecule has 0 unspecified atom stereocenters. The number of ketones is 3. The molecule has 0 saturated heterocycles. The van der Waals surface area contributed by atoms with E-state index in [2.05, 4.69) is 16.0 Å². The third-order valence-electron chi connectivity index (χ3n) is 7.90. The molecule has 0 heterocycles. The maximum Gasteiger partial charge on any atom is 0.326 e. The molecule has 0 rings (SSSR count). The van der Waals surface area contributed by atoms with E-state index in [1.807, 2.05) is 6.92 Å². The minimum absolute atomic E-state index is 0. The SMILES string of the molecule is CC(=O)N[C@@H](CCC(=O)C[C@@H](CCC(=O)N[C@@H](CCC(=O)C[C@@H](CCC(=O)NCCCC[C@H](C)C(C)=O)C(=O)O)C(=O)O)C(=O)O)C(=O)O.[HH]. The molecule has 0 spiro atoms. The molecular weight excluding hydrogens is 650 g/mol. The maximum atomic E-state index is 12.5. The summed E-state index contributed by atoms with van der Waals surface area (Å²) in [5, 5.41) is 44.6. The molecule has 7 N–H and O–H groups in total. The van der Waals surface area contributed by atoms with E-state index in [0.29, 0.717) is 19.4 Å². The molecule has 17 heteroatoms. The zero-order chi connectivity index (χ0) is 37.7. The van der Waals surface area contributed by atoms with Crippen LogP contribution in [0.1, 0.15) is 106 Å². The highest BCUT2D eigenvalue weighted by molar-refractivity contribution is 5.88. The summed E-state index contributed by atoms with van der Waals surface area (Å²) in [7, 11) is 0. The largest absolute Gasteiger partial charge is 0.481 e. The van der Waals surface area contributed by atoms with Crippen molar-refractivity contribution in [3.05, 3.63) is 0 Å². The lowest BCUT2D eigenvalue weighted by molar-refractivity contribution is -0.145. The van der Waals surface area contributed by atoms with Gasteiger partial charge in [-0.2, -0.15) is 0 Å². The summed E-state index contributed by atoms with van der Waals surface area (Å²) < 4.78 is 0. The number of carbonyl (C=O) groups is 10. The van der Waals surface area contributed by atoms with E-state index in [1.54, 1.807) is 0 Å². The van der Waals surface area contributed by atoms with Crippen molar-refractivity contribution in [3.63, 3.8) is 0 Å². The number of hydrogen-bond donors (Lipinski definition) is 7. The van der Waals surface area contributed by atoms with E-state index < -0.39 is 103 Å². The Morgan fingerprint density at radius 3 is 1.41 bits per heavy atom. The summed E-state index contributed by atoms with van der Waals surface area (Å²) in [6.45, 7) is 4.79. The topological polar surface area (TPSA) is 288 Å². The highest BCUT2D eigenvalue weighted by atomic mass is 16.4. The van der Waals surface area contributed by atoms with Gasteiger partial charge in [0.1, 0.15) is 29.4 Å². The average Bonchev–Trinajstić information content (AvgIpc) is 3.00. The first-order valence-electron chi connectivity index (χ1n) is 16.1.